The standard InChI is InChI=1S/C32H33N5O4/c1-32(2,3)41-31(39)37-26-12-6-5-11-25(26)35-28(37)20-36(27-13-7-9-21-10-8-16-34-29(21)27)19-23-15-14-22(30(38)40-4)17-24(23)18-33/h5-6,8,10-12,14-17,27H,7,9,13,19-20H2,1-4H3. The highest BCUT2D eigenvalue weighted by Crippen LogP contribution is 2.35. The van der Waals surface area contributed by atoms with E-state index in [0.717, 1.165) is 30.5 Å². The molecule has 0 radical (unpaired) electrons. The van der Waals surface area contributed by atoms with Crippen molar-refractivity contribution in [2.45, 2.75) is 64.8 Å². The maximum atomic E-state index is 13.5. The molecule has 4 aromatic rings. The number of hydrogen-bond donors (Lipinski definition) is 0. The van der Waals surface area contributed by atoms with E-state index in [1.807, 2.05) is 51.1 Å². The monoisotopic (exact) mass is 551 g/mol. The van der Waals surface area contributed by atoms with Gasteiger partial charge < -0.3 is 9.47 Å². The van der Waals surface area contributed by atoms with Crippen molar-refractivity contribution in [2.75, 3.05) is 7.11 Å². The maximum Gasteiger partial charge on any atom is 0.420 e. The Labute approximate surface area is 239 Å². The molecule has 1 unspecified atom stereocenters. The number of nitrogens with zero attached hydrogens (tertiary/aromatic N) is 5. The first-order valence-electron chi connectivity index (χ1n) is 13.7. The molecule has 0 aliphatic heterocycles. The first-order chi connectivity index (χ1) is 19.7. The number of benzene rings is 2. The molecule has 9 nitrogen and oxygen atoms in total. The average Bonchev–Trinajstić information content (AvgIpc) is 3.33. The van der Waals surface area contributed by atoms with Gasteiger partial charge in [0.25, 0.3) is 0 Å². The molecule has 1 aliphatic rings. The van der Waals surface area contributed by atoms with Crippen LogP contribution in [-0.4, -0.2) is 44.2 Å². The quantitative estimate of drug-likeness (QED) is 0.270. The topological polar surface area (TPSA) is 110 Å². The van der Waals surface area contributed by atoms with Crippen LogP contribution >= 0.6 is 0 Å². The van der Waals surface area contributed by atoms with E-state index in [9.17, 15) is 14.9 Å². The van der Waals surface area contributed by atoms with Crippen molar-refractivity contribution in [2.24, 2.45) is 0 Å². The van der Waals surface area contributed by atoms with Gasteiger partial charge in [-0.25, -0.2) is 19.1 Å². The molecule has 0 bridgehead atoms. The Balaban J connectivity index is 1.60. The van der Waals surface area contributed by atoms with Gasteiger partial charge in [-0.05, 0) is 81.5 Å². The molecule has 2 heterocycles. The Bertz CT molecular complexity index is 1650. The van der Waals surface area contributed by atoms with Crippen molar-refractivity contribution in [3.8, 4) is 6.07 Å². The summed E-state index contributed by atoms with van der Waals surface area (Å²) in [4.78, 5) is 37.4. The number of pyridine rings is 1. The average molecular weight is 552 g/mol. The fourth-order valence-electron chi connectivity index (χ4n) is 5.37. The molecule has 5 rings (SSSR count). The van der Waals surface area contributed by atoms with Gasteiger partial charge in [0.1, 0.15) is 11.4 Å². The Morgan fingerprint density at radius 2 is 1.93 bits per heavy atom. The molecule has 1 atom stereocenters. The molecular weight excluding hydrogens is 518 g/mol. The second-order valence-electron chi connectivity index (χ2n) is 11.2. The van der Waals surface area contributed by atoms with Gasteiger partial charge in [-0.15, -0.1) is 0 Å². The normalized spacial score (nSPS) is 14.9. The molecule has 2 aromatic carbocycles. The van der Waals surface area contributed by atoms with Crippen molar-refractivity contribution >= 4 is 23.1 Å². The molecule has 0 spiro atoms. The van der Waals surface area contributed by atoms with Crippen LogP contribution < -0.4 is 0 Å². The zero-order valence-electron chi connectivity index (χ0n) is 23.8. The van der Waals surface area contributed by atoms with Crippen LogP contribution in [0.1, 0.15) is 78.2 Å². The van der Waals surface area contributed by atoms with E-state index in [2.05, 4.69) is 17.0 Å². The van der Waals surface area contributed by atoms with Crippen LogP contribution in [0.2, 0.25) is 0 Å². The van der Waals surface area contributed by atoms with Crippen LogP contribution in [0.15, 0.2) is 60.8 Å². The van der Waals surface area contributed by atoms with Crippen molar-refractivity contribution in [1.82, 2.24) is 19.4 Å². The second kappa shape index (κ2) is 11.5. The van der Waals surface area contributed by atoms with Crippen LogP contribution in [-0.2, 0) is 29.0 Å². The van der Waals surface area contributed by atoms with Gasteiger partial charge in [-0.3, -0.25) is 9.88 Å². The molecule has 0 saturated carbocycles. The number of ether oxygens (including phenoxy) is 2. The molecule has 1 aliphatic carbocycles. The lowest BCUT2D eigenvalue weighted by atomic mass is 9.90. The minimum absolute atomic E-state index is 0.0707. The summed E-state index contributed by atoms with van der Waals surface area (Å²) in [7, 11) is 1.31. The predicted molar refractivity (Wildman–Crippen MR) is 153 cm³/mol. The van der Waals surface area contributed by atoms with Crippen molar-refractivity contribution < 1.29 is 19.1 Å². The number of methoxy groups -OCH3 is 1. The van der Waals surface area contributed by atoms with E-state index in [1.165, 1.54) is 12.7 Å². The summed E-state index contributed by atoms with van der Waals surface area (Å²) in [6.07, 6.45) is 4.09. The van der Waals surface area contributed by atoms with Crippen molar-refractivity contribution in [3.63, 3.8) is 0 Å². The molecule has 0 saturated heterocycles. The summed E-state index contributed by atoms with van der Waals surface area (Å²) >= 11 is 0. The van der Waals surface area contributed by atoms with Gasteiger partial charge in [-0.1, -0.05) is 24.3 Å². The lowest BCUT2D eigenvalue weighted by molar-refractivity contribution is 0.0528. The Hall–Kier alpha value is -4.55. The Morgan fingerprint density at radius 3 is 2.68 bits per heavy atom. The lowest BCUT2D eigenvalue weighted by Gasteiger charge is -2.35. The first-order valence-corrected chi connectivity index (χ1v) is 13.7. The van der Waals surface area contributed by atoms with E-state index in [4.69, 9.17) is 19.4 Å². The fraction of sp³-hybridized carbons (Fsp3) is 0.344. The summed E-state index contributed by atoms with van der Waals surface area (Å²) in [5.41, 5.74) is 4.30. The number of aromatic nitrogens is 3. The molecule has 2 aromatic heterocycles. The number of imidazole rings is 1. The molecule has 210 valence electrons. The largest absolute Gasteiger partial charge is 0.465 e. The van der Waals surface area contributed by atoms with Gasteiger partial charge in [0.05, 0.1) is 53.6 Å². The maximum absolute atomic E-state index is 13.5. The highest BCUT2D eigenvalue weighted by atomic mass is 16.6. The third kappa shape index (κ3) is 5.98. The number of nitriles is 1. The number of para-hydroxylation sites is 2. The van der Waals surface area contributed by atoms with Gasteiger partial charge in [0.15, 0.2) is 0 Å². The first kappa shape index (κ1) is 28.0. The predicted octanol–water partition coefficient (Wildman–Crippen LogP) is 5.95. The van der Waals surface area contributed by atoms with Crippen LogP contribution in [0.4, 0.5) is 4.79 Å². The number of rotatable bonds is 6. The van der Waals surface area contributed by atoms with Gasteiger partial charge in [0.2, 0.25) is 0 Å². The zero-order chi connectivity index (χ0) is 29.1. The van der Waals surface area contributed by atoms with Crippen LogP contribution in [0.5, 0.6) is 0 Å². The summed E-state index contributed by atoms with van der Waals surface area (Å²) < 4.78 is 12.2. The van der Waals surface area contributed by atoms with E-state index in [1.54, 1.807) is 29.0 Å². The molecule has 0 amide bonds. The number of esters is 1. The van der Waals surface area contributed by atoms with Crippen molar-refractivity contribution in [3.05, 3.63) is 94.6 Å². The number of carbonyl (C=O) groups is 2. The number of hydrogen-bond acceptors (Lipinski definition) is 8. The summed E-state index contributed by atoms with van der Waals surface area (Å²) in [6, 6.07) is 18.7. The SMILES string of the molecule is COC(=O)c1ccc(CN(Cc2nc3ccccc3n2C(=O)OC(C)(C)C)C2CCCc3cccnc32)c(C#N)c1. The lowest BCUT2D eigenvalue weighted by Crippen LogP contribution is -2.34. The Morgan fingerprint density at radius 1 is 1.12 bits per heavy atom. The summed E-state index contributed by atoms with van der Waals surface area (Å²) in [5.74, 6) is 0.0367. The third-order valence-electron chi connectivity index (χ3n) is 7.18. The number of carbonyl (C=O) groups excluding carboxylic acids is 2. The van der Waals surface area contributed by atoms with Gasteiger partial charge >= 0.3 is 12.1 Å². The van der Waals surface area contributed by atoms with Gasteiger partial charge in [0, 0.05) is 12.7 Å². The molecule has 9 heteroatoms. The van der Waals surface area contributed by atoms with Gasteiger partial charge in [-0.2, -0.15) is 5.26 Å². The number of aryl methyl sites for hydroxylation is 1. The second-order valence-corrected chi connectivity index (χ2v) is 11.2. The summed E-state index contributed by atoms with van der Waals surface area (Å²) in [6.45, 7) is 6.19. The molecule has 41 heavy (non-hydrogen) atoms. The van der Waals surface area contributed by atoms with Crippen molar-refractivity contribution in [1.29, 1.82) is 5.26 Å². The summed E-state index contributed by atoms with van der Waals surface area (Å²) in [5, 5.41) is 9.98. The van der Waals surface area contributed by atoms with Crippen LogP contribution in [0.3, 0.4) is 0 Å². The van der Waals surface area contributed by atoms with E-state index in [0.29, 0.717) is 41.1 Å². The highest BCUT2D eigenvalue weighted by Gasteiger charge is 2.31. The molecular formula is C32H33N5O4. The minimum atomic E-state index is -0.686. The van der Waals surface area contributed by atoms with E-state index >= 15 is 0 Å². The van der Waals surface area contributed by atoms with Crippen LogP contribution in [0.25, 0.3) is 11.0 Å². The van der Waals surface area contributed by atoms with E-state index in [-0.39, 0.29) is 6.04 Å². The van der Waals surface area contributed by atoms with E-state index < -0.39 is 17.7 Å². The zero-order valence-corrected chi connectivity index (χ0v) is 23.8. The van der Waals surface area contributed by atoms with Crippen LogP contribution in [0, 0.1) is 11.3 Å². The molecule has 0 fully saturated rings. The third-order valence-corrected chi connectivity index (χ3v) is 7.18. The fourth-order valence-corrected chi connectivity index (χ4v) is 5.37. The number of fused-ring (bicyclic) bond motifs is 2. The molecule has 0 N–H and O–H groups in total. The Kier molecular flexibility index (Phi) is 7.86. The smallest absolute Gasteiger partial charge is 0.420 e. The minimum Gasteiger partial charge on any atom is -0.465 e. The highest BCUT2D eigenvalue weighted by molar-refractivity contribution is 5.90.